The van der Waals surface area contributed by atoms with Gasteiger partial charge in [0.05, 0.1) is 29.8 Å². The number of carboxylic acid groups (broad SMARTS) is 1. The monoisotopic (exact) mass is 340 g/mol. The lowest BCUT2D eigenvalue weighted by Crippen LogP contribution is -2.25. The molecule has 1 N–H and O–H groups in total. The van der Waals surface area contributed by atoms with E-state index in [1.807, 2.05) is 11.5 Å². The van der Waals surface area contributed by atoms with E-state index in [0.717, 1.165) is 11.9 Å². The van der Waals surface area contributed by atoms with Crippen LogP contribution in [0.1, 0.15) is 53.0 Å². The number of hydrogen-bond acceptors (Lipinski definition) is 5. The molecule has 0 aliphatic heterocycles. The Bertz CT molecular complexity index is 912. The van der Waals surface area contributed by atoms with Crippen molar-refractivity contribution in [2.45, 2.75) is 32.9 Å². The van der Waals surface area contributed by atoms with Gasteiger partial charge >= 0.3 is 0 Å². The third-order valence-corrected chi connectivity index (χ3v) is 4.18. The lowest BCUT2D eigenvalue weighted by atomic mass is 10.2. The standard InChI is InChI=1S/C18H19N3O4/c1-3-11(2)21-14-7-6-12(18(23)24)9-13(14)20-16(21)10-19-17(22)15-5-4-8-25-15/h4-9,11H,3,10H2,1-2H3,(H,19,22)(H,23,24)/p-1/t11-/m1/s1. The molecule has 0 aliphatic rings. The third kappa shape index (κ3) is 3.26. The molecule has 3 rings (SSSR count). The van der Waals surface area contributed by atoms with Crippen LogP contribution in [-0.4, -0.2) is 21.4 Å². The molecule has 25 heavy (non-hydrogen) atoms. The average molecular weight is 340 g/mol. The molecule has 130 valence electrons. The zero-order valence-electron chi connectivity index (χ0n) is 14.0. The second-order valence-corrected chi connectivity index (χ2v) is 5.81. The molecule has 3 aromatic rings. The van der Waals surface area contributed by atoms with Crippen LogP contribution in [0.15, 0.2) is 41.0 Å². The van der Waals surface area contributed by atoms with Crippen molar-refractivity contribution in [3.63, 3.8) is 0 Å². The summed E-state index contributed by atoms with van der Waals surface area (Å²) in [5.74, 6) is -0.693. The number of nitrogens with zero attached hydrogens (tertiary/aromatic N) is 2. The Balaban J connectivity index is 1.94. The molecule has 1 atom stereocenters. The van der Waals surface area contributed by atoms with E-state index in [4.69, 9.17) is 4.42 Å². The Morgan fingerprint density at radius 1 is 1.36 bits per heavy atom. The second-order valence-electron chi connectivity index (χ2n) is 5.81. The summed E-state index contributed by atoms with van der Waals surface area (Å²) in [5.41, 5.74) is 1.46. The Morgan fingerprint density at radius 3 is 2.80 bits per heavy atom. The van der Waals surface area contributed by atoms with Gasteiger partial charge in [0.25, 0.3) is 5.91 Å². The molecule has 0 unspecified atom stereocenters. The molecule has 7 nitrogen and oxygen atoms in total. The van der Waals surface area contributed by atoms with Crippen LogP contribution in [0.2, 0.25) is 0 Å². The molecule has 0 saturated heterocycles. The number of rotatable bonds is 6. The van der Waals surface area contributed by atoms with Crippen LogP contribution in [0.3, 0.4) is 0 Å². The van der Waals surface area contributed by atoms with E-state index in [1.54, 1.807) is 18.2 Å². The first-order valence-electron chi connectivity index (χ1n) is 8.05. The number of imidazole rings is 1. The first-order chi connectivity index (χ1) is 12.0. The number of hydrogen-bond donors (Lipinski definition) is 1. The molecule has 0 spiro atoms. The minimum Gasteiger partial charge on any atom is -0.545 e. The van der Waals surface area contributed by atoms with Crippen LogP contribution in [0.25, 0.3) is 11.0 Å². The number of fused-ring (bicyclic) bond motifs is 1. The van der Waals surface area contributed by atoms with Crippen LogP contribution in [0.5, 0.6) is 0 Å². The molecule has 2 heterocycles. The number of aromatic carboxylic acids is 1. The molecule has 0 aliphatic carbocycles. The summed E-state index contributed by atoms with van der Waals surface area (Å²) >= 11 is 0. The Kier molecular flexibility index (Phi) is 4.56. The maximum Gasteiger partial charge on any atom is 0.287 e. The van der Waals surface area contributed by atoms with Gasteiger partial charge in [0.15, 0.2) is 5.76 Å². The Morgan fingerprint density at radius 2 is 2.16 bits per heavy atom. The number of aromatic nitrogens is 2. The Hall–Kier alpha value is -3.09. The minimum atomic E-state index is -1.24. The van der Waals surface area contributed by atoms with Crippen molar-refractivity contribution in [3.8, 4) is 0 Å². The summed E-state index contributed by atoms with van der Waals surface area (Å²) in [6, 6.07) is 8.08. The van der Waals surface area contributed by atoms with E-state index < -0.39 is 5.97 Å². The number of nitrogens with one attached hydrogen (secondary N) is 1. The third-order valence-electron chi connectivity index (χ3n) is 4.18. The average Bonchev–Trinajstić information content (AvgIpc) is 3.25. The summed E-state index contributed by atoms with van der Waals surface area (Å²) in [6.45, 7) is 4.31. The van der Waals surface area contributed by atoms with E-state index in [1.165, 1.54) is 18.4 Å². The quantitative estimate of drug-likeness (QED) is 0.738. The van der Waals surface area contributed by atoms with Gasteiger partial charge in [-0.2, -0.15) is 0 Å². The van der Waals surface area contributed by atoms with Gasteiger partial charge < -0.3 is 24.2 Å². The fourth-order valence-corrected chi connectivity index (χ4v) is 2.73. The number of furan rings is 1. The molecular weight excluding hydrogens is 322 g/mol. The first kappa shape index (κ1) is 16.8. The van der Waals surface area contributed by atoms with Crippen molar-refractivity contribution in [2.24, 2.45) is 0 Å². The van der Waals surface area contributed by atoms with E-state index >= 15 is 0 Å². The summed E-state index contributed by atoms with van der Waals surface area (Å²) in [4.78, 5) is 27.6. The smallest absolute Gasteiger partial charge is 0.287 e. The predicted molar refractivity (Wildman–Crippen MR) is 88.9 cm³/mol. The zero-order valence-corrected chi connectivity index (χ0v) is 14.0. The van der Waals surface area contributed by atoms with Crippen molar-refractivity contribution >= 4 is 22.9 Å². The molecule has 0 bridgehead atoms. The van der Waals surface area contributed by atoms with Gasteiger partial charge in [0.1, 0.15) is 5.82 Å². The molecule has 1 amide bonds. The van der Waals surface area contributed by atoms with Crippen molar-refractivity contribution < 1.29 is 19.1 Å². The van der Waals surface area contributed by atoms with E-state index in [0.29, 0.717) is 11.3 Å². The SMILES string of the molecule is CC[C@@H](C)n1c(CNC(=O)c2ccco2)nc2cc(C(=O)[O-])ccc21. The van der Waals surface area contributed by atoms with Crippen molar-refractivity contribution in [3.05, 3.63) is 53.7 Å². The van der Waals surface area contributed by atoms with Crippen molar-refractivity contribution in [1.82, 2.24) is 14.9 Å². The summed E-state index contributed by atoms with van der Waals surface area (Å²) < 4.78 is 7.08. The maximum atomic E-state index is 12.1. The predicted octanol–water partition coefficient (Wildman–Crippen LogP) is 1.89. The lowest BCUT2D eigenvalue weighted by molar-refractivity contribution is -0.255. The van der Waals surface area contributed by atoms with Crippen LogP contribution >= 0.6 is 0 Å². The van der Waals surface area contributed by atoms with Gasteiger partial charge in [-0.3, -0.25) is 4.79 Å². The van der Waals surface area contributed by atoms with Gasteiger partial charge in [0, 0.05) is 6.04 Å². The highest BCUT2D eigenvalue weighted by molar-refractivity contribution is 5.92. The maximum absolute atomic E-state index is 12.1. The van der Waals surface area contributed by atoms with Crippen molar-refractivity contribution in [1.29, 1.82) is 0 Å². The number of benzene rings is 1. The highest BCUT2D eigenvalue weighted by Crippen LogP contribution is 2.24. The molecule has 1 aromatic carbocycles. The topological polar surface area (TPSA) is 100 Å². The number of carbonyl (C=O) groups is 2. The van der Waals surface area contributed by atoms with Crippen LogP contribution in [0.4, 0.5) is 0 Å². The van der Waals surface area contributed by atoms with E-state index in [2.05, 4.69) is 17.2 Å². The van der Waals surface area contributed by atoms with Crippen LogP contribution < -0.4 is 10.4 Å². The highest BCUT2D eigenvalue weighted by atomic mass is 16.4. The fraction of sp³-hybridized carbons (Fsp3) is 0.278. The van der Waals surface area contributed by atoms with Gasteiger partial charge in [-0.05, 0) is 43.2 Å². The number of carboxylic acids is 1. The zero-order chi connectivity index (χ0) is 18.0. The highest BCUT2D eigenvalue weighted by Gasteiger charge is 2.17. The van der Waals surface area contributed by atoms with Gasteiger partial charge in [-0.15, -0.1) is 0 Å². The van der Waals surface area contributed by atoms with E-state index in [-0.39, 0.29) is 29.8 Å². The van der Waals surface area contributed by atoms with Crippen LogP contribution in [0, 0.1) is 0 Å². The van der Waals surface area contributed by atoms with E-state index in [9.17, 15) is 14.7 Å². The molecular formula is C18H18N3O4-. The second kappa shape index (κ2) is 6.80. The fourth-order valence-electron chi connectivity index (χ4n) is 2.73. The molecule has 7 heteroatoms. The van der Waals surface area contributed by atoms with Crippen molar-refractivity contribution in [2.75, 3.05) is 0 Å². The molecule has 2 aromatic heterocycles. The lowest BCUT2D eigenvalue weighted by Gasteiger charge is -2.16. The van der Waals surface area contributed by atoms with Gasteiger partial charge in [-0.1, -0.05) is 13.0 Å². The normalized spacial score (nSPS) is 12.2. The van der Waals surface area contributed by atoms with Gasteiger partial charge in [-0.25, -0.2) is 4.98 Å². The largest absolute Gasteiger partial charge is 0.545 e. The summed E-state index contributed by atoms with van der Waals surface area (Å²) in [6.07, 6.45) is 2.30. The van der Waals surface area contributed by atoms with Gasteiger partial charge in [0.2, 0.25) is 0 Å². The Labute approximate surface area is 144 Å². The summed E-state index contributed by atoms with van der Waals surface area (Å²) in [5, 5.41) is 13.8. The summed E-state index contributed by atoms with van der Waals surface area (Å²) in [7, 11) is 0. The van der Waals surface area contributed by atoms with Crippen LogP contribution in [-0.2, 0) is 6.54 Å². The molecule has 0 radical (unpaired) electrons. The first-order valence-corrected chi connectivity index (χ1v) is 8.05. The number of carbonyl (C=O) groups excluding carboxylic acids is 2. The number of amides is 1. The molecule has 0 fully saturated rings. The molecule has 0 saturated carbocycles. The minimum absolute atomic E-state index is 0.0764.